The number of ether oxygens (including phenoxy) is 3. The van der Waals surface area contributed by atoms with Crippen molar-refractivity contribution in [3.63, 3.8) is 0 Å². The maximum absolute atomic E-state index is 12.9. The van der Waals surface area contributed by atoms with Crippen LogP contribution in [0.2, 0.25) is 0 Å². The fraction of sp³-hybridized carbons (Fsp3) is 0.571. The lowest BCUT2D eigenvalue weighted by atomic mass is 10.0. The van der Waals surface area contributed by atoms with Gasteiger partial charge in [-0.1, -0.05) is 274 Å². The third-order valence-corrected chi connectivity index (χ3v) is 13.4. The maximum atomic E-state index is 12.9. The molecular formula is C77H120O6. The standard InChI is InChI=1S/C77H120O6/c1-4-7-10-13-16-19-22-25-28-30-32-34-36-37-38-39-41-42-44-46-49-52-55-58-61-64-67-70-76(79)82-73-74(72-81-75(78)69-66-63-60-57-54-51-48-27-24-21-18-15-12-9-6-3)83-77(80)71-68-65-62-59-56-53-50-47-45-43-40-35-33-31-29-26-23-20-17-14-11-8-5-2/h7-12,16-21,25-29,32-35,37-38,43,45,48,50,53-54,57,74H,4-6,13-15,22-24,30-31,36,39-42,44,46-47,49,51-52,55-56,58-73H2,1-3H3/b10-7-,11-8-,12-9-,19-16-,20-17-,21-18-,28-25-,29-26-,34-32-,35-33-,38-37-,45-43-,48-27-,53-50-,57-54-. The summed E-state index contributed by atoms with van der Waals surface area (Å²) in [5.41, 5.74) is 0. The van der Waals surface area contributed by atoms with Gasteiger partial charge in [0.05, 0.1) is 0 Å². The van der Waals surface area contributed by atoms with Crippen LogP contribution in [0, 0.1) is 0 Å². The van der Waals surface area contributed by atoms with Crippen LogP contribution in [-0.4, -0.2) is 37.2 Å². The van der Waals surface area contributed by atoms with Gasteiger partial charge in [0.2, 0.25) is 0 Å². The van der Waals surface area contributed by atoms with Gasteiger partial charge in [0.25, 0.3) is 0 Å². The predicted octanol–water partition coefficient (Wildman–Crippen LogP) is 23.2. The first kappa shape index (κ1) is 77.5. The Kier molecular flexibility index (Phi) is 64.4. The second kappa shape index (κ2) is 69.0. The van der Waals surface area contributed by atoms with Crippen molar-refractivity contribution in [3.8, 4) is 0 Å². The molecule has 0 saturated carbocycles. The van der Waals surface area contributed by atoms with E-state index in [-0.39, 0.29) is 37.5 Å². The van der Waals surface area contributed by atoms with E-state index in [0.29, 0.717) is 19.3 Å². The molecule has 0 N–H and O–H groups in total. The highest BCUT2D eigenvalue weighted by molar-refractivity contribution is 5.71. The van der Waals surface area contributed by atoms with Crippen LogP contribution in [0.1, 0.15) is 265 Å². The van der Waals surface area contributed by atoms with E-state index in [1.165, 1.54) is 57.8 Å². The zero-order valence-electron chi connectivity index (χ0n) is 53.1. The summed E-state index contributed by atoms with van der Waals surface area (Å²) in [6.45, 7) is 6.23. The predicted molar refractivity (Wildman–Crippen MR) is 361 cm³/mol. The average Bonchev–Trinajstić information content (AvgIpc) is 3.49. The summed E-state index contributed by atoms with van der Waals surface area (Å²) in [6.07, 6.45) is 103. The van der Waals surface area contributed by atoms with E-state index < -0.39 is 6.10 Å². The topological polar surface area (TPSA) is 78.9 Å². The number of carbonyl (C=O) groups is 3. The highest BCUT2D eigenvalue weighted by Crippen LogP contribution is 2.15. The van der Waals surface area contributed by atoms with E-state index in [2.05, 4.69) is 203 Å². The molecule has 0 aromatic rings. The molecule has 464 valence electrons. The minimum absolute atomic E-state index is 0.112. The molecule has 0 aromatic carbocycles. The van der Waals surface area contributed by atoms with Crippen molar-refractivity contribution in [2.45, 2.75) is 271 Å². The summed E-state index contributed by atoms with van der Waals surface area (Å²) < 4.78 is 16.9. The SMILES string of the molecule is CC/C=C\C/C=C\C/C=C\C/C=C\C/C=C\C/C=C\CCCCCCC(=O)OC(COC(=O)CCCC/C=C\C/C=C\C/C=C\C/C=C\CC)COC(=O)CCCCCCCCCCCCC/C=C\C/C=C\C/C=C\C/C=C\C/C=C\CC. The normalized spacial score (nSPS) is 13.3. The number of hydrogen-bond acceptors (Lipinski definition) is 6. The molecule has 6 heteroatoms. The molecule has 0 aromatic heterocycles. The van der Waals surface area contributed by atoms with Crippen LogP contribution in [0.25, 0.3) is 0 Å². The number of rotatable bonds is 58. The molecule has 1 atom stereocenters. The lowest BCUT2D eigenvalue weighted by molar-refractivity contribution is -0.167. The zero-order chi connectivity index (χ0) is 59.9. The molecule has 0 saturated heterocycles. The van der Waals surface area contributed by atoms with Gasteiger partial charge < -0.3 is 14.2 Å². The Labute approximate surface area is 510 Å². The maximum Gasteiger partial charge on any atom is 0.306 e. The lowest BCUT2D eigenvalue weighted by Gasteiger charge is -2.18. The Morgan fingerprint density at radius 1 is 0.241 bits per heavy atom. The largest absolute Gasteiger partial charge is 0.462 e. The van der Waals surface area contributed by atoms with Crippen LogP contribution in [-0.2, 0) is 28.6 Å². The first-order chi connectivity index (χ1) is 41.0. The van der Waals surface area contributed by atoms with Gasteiger partial charge in [-0.2, -0.15) is 0 Å². The van der Waals surface area contributed by atoms with Crippen LogP contribution >= 0.6 is 0 Å². The third-order valence-electron chi connectivity index (χ3n) is 13.4. The molecule has 6 nitrogen and oxygen atoms in total. The van der Waals surface area contributed by atoms with E-state index >= 15 is 0 Å². The van der Waals surface area contributed by atoms with Crippen molar-refractivity contribution in [2.24, 2.45) is 0 Å². The molecule has 0 spiro atoms. The van der Waals surface area contributed by atoms with Crippen molar-refractivity contribution >= 4 is 17.9 Å². The van der Waals surface area contributed by atoms with Crippen molar-refractivity contribution in [3.05, 3.63) is 182 Å². The molecule has 1 unspecified atom stereocenters. The second-order valence-corrected chi connectivity index (χ2v) is 21.2. The number of hydrogen-bond donors (Lipinski definition) is 0. The van der Waals surface area contributed by atoms with Crippen LogP contribution < -0.4 is 0 Å². The summed E-state index contributed by atoms with van der Waals surface area (Å²) in [5, 5.41) is 0. The van der Waals surface area contributed by atoms with Gasteiger partial charge in [-0.3, -0.25) is 14.4 Å². The van der Waals surface area contributed by atoms with Crippen LogP contribution in [0.15, 0.2) is 182 Å². The van der Waals surface area contributed by atoms with Gasteiger partial charge in [0, 0.05) is 19.3 Å². The van der Waals surface area contributed by atoms with Crippen LogP contribution in [0.5, 0.6) is 0 Å². The Hall–Kier alpha value is -5.49. The Bertz CT molecular complexity index is 1940. The van der Waals surface area contributed by atoms with Crippen molar-refractivity contribution < 1.29 is 28.6 Å². The molecule has 0 aliphatic carbocycles. The third kappa shape index (κ3) is 67.2. The number of esters is 3. The van der Waals surface area contributed by atoms with Gasteiger partial charge >= 0.3 is 17.9 Å². The average molecular weight is 1140 g/mol. The lowest BCUT2D eigenvalue weighted by Crippen LogP contribution is -2.30. The highest BCUT2D eigenvalue weighted by Gasteiger charge is 2.19. The monoisotopic (exact) mass is 1140 g/mol. The highest BCUT2D eigenvalue weighted by atomic mass is 16.6. The second-order valence-electron chi connectivity index (χ2n) is 21.2. The Balaban J connectivity index is 4.46. The first-order valence-corrected chi connectivity index (χ1v) is 33.3. The number of allylic oxidation sites excluding steroid dienone is 30. The molecular weight excluding hydrogens is 1020 g/mol. The Morgan fingerprint density at radius 3 is 0.699 bits per heavy atom. The number of unbranched alkanes of at least 4 members (excludes halogenated alkanes) is 17. The van der Waals surface area contributed by atoms with E-state index in [0.717, 1.165) is 161 Å². The molecule has 0 heterocycles. The molecule has 0 fully saturated rings. The first-order valence-electron chi connectivity index (χ1n) is 33.3. The zero-order valence-corrected chi connectivity index (χ0v) is 53.1. The minimum Gasteiger partial charge on any atom is -0.462 e. The summed E-state index contributed by atoms with van der Waals surface area (Å²) in [7, 11) is 0. The van der Waals surface area contributed by atoms with E-state index in [1.807, 2.05) is 0 Å². The molecule has 0 bridgehead atoms. The van der Waals surface area contributed by atoms with Gasteiger partial charge in [0.1, 0.15) is 13.2 Å². The van der Waals surface area contributed by atoms with Crippen LogP contribution in [0.3, 0.4) is 0 Å². The number of carbonyl (C=O) groups excluding carboxylic acids is 3. The fourth-order valence-electron chi connectivity index (χ4n) is 8.52. The molecule has 83 heavy (non-hydrogen) atoms. The van der Waals surface area contributed by atoms with E-state index in [1.54, 1.807) is 0 Å². The molecule has 0 rings (SSSR count). The summed E-state index contributed by atoms with van der Waals surface area (Å²) in [5.74, 6) is -0.988. The molecule has 0 radical (unpaired) electrons. The van der Waals surface area contributed by atoms with Gasteiger partial charge in [0.15, 0.2) is 6.10 Å². The minimum atomic E-state index is -0.822. The van der Waals surface area contributed by atoms with Gasteiger partial charge in [-0.05, 0) is 154 Å². The van der Waals surface area contributed by atoms with Crippen molar-refractivity contribution in [2.75, 3.05) is 13.2 Å². The van der Waals surface area contributed by atoms with Gasteiger partial charge in [-0.25, -0.2) is 0 Å². The summed E-state index contributed by atoms with van der Waals surface area (Å²) in [4.78, 5) is 38.4. The molecule has 0 aliphatic rings. The van der Waals surface area contributed by atoms with E-state index in [4.69, 9.17) is 14.2 Å². The smallest absolute Gasteiger partial charge is 0.306 e. The van der Waals surface area contributed by atoms with Crippen LogP contribution in [0.4, 0.5) is 0 Å². The quantitative estimate of drug-likeness (QED) is 0.0261. The molecule has 0 aliphatic heterocycles. The molecule has 0 amide bonds. The summed E-state index contributed by atoms with van der Waals surface area (Å²) in [6, 6.07) is 0. The van der Waals surface area contributed by atoms with E-state index in [9.17, 15) is 14.4 Å². The summed E-state index contributed by atoms with van der Waals surface area (Å²) >= 11 is 0. The van der Waals surface area contributed by atoms with Crippen molar-refractivity contribution in [1.29, 1.82) is 0 Å². The van der Waals surface area contributed by atoms with Crippen molar-refractivity contribution in [1.82, 2.24) is 0 Å². The fourth-order valence-corrected chi connectivity index (χ4v) is 8.52. The Morgan fingerprint density at radius 2 is 0.434 bits per heavy atom. The van der Waals surface area contributed by atoms with Gasteiger partial charge in [-0.15, -0.1) is 0 Å².